The van der Waals surface area contributed by atoms with Gasteiger partial charge in [0.25, 0.3) is 0 Å². The van der Waals surface area contributed by atoms with E-state index in [4.69, 9.17) is 21.7 Å². The molecule has 5 rings (SSSR count). The Bertz CT molecular complexity index is 1530. The number of hydrogen-bond acceptors (Lipinski definition) is 4. The van der Waals surface area contributed by atoms with E-state index in [0.29, 0.717) is 16.0 Å². The number of carbonyl (C=O) groups is 1. The van der Waals surface area contributed by atoms with Gasteiger partial charge in [0.15, 0.2) is 5.78 Å². The Balaban J connectivity index is 1.26. The van der Waals surface area contributed by atoms with E-state index in [-0.39, 0.29) is 5.78 Å². The van der Waals surface area contributed by atoms with Crippen LogP contribution in [0.25, 0.3) is 22.3 Å². The molecule has 0 radical (unpaired) electrons. The van der Waals surface area contributed by atoms with Crippen molar-refractivity contribution in [3.8, 4) is 33.8 Å². The van der Waals surface area contributed by atoms with Crippen molar-refractivity contribution in [3.63, 3.8) is 0 Å². The fourth-order valence-electron chi connectivity index (χ4n) is 7.02. The maximum absolute atomic E-state index is 14.2. The number of carbonyl (C=O) groups excluding carboxylic acids is 1. The number of benzene rings is 4. The summed E-state index contributed by atoms with van der Waals surface area (Å²) in [5, 5.41) is 0. The Kier molecular flexibility index (Phi) is 15.1. The summed E-state index contributed by atoms with van der Waals surface area (Å²) >= 11 is 6.14. The second-order valence-electron chi connectivity index (χ2n) is 13.8. The van der Waals surface area contributed by atoms with Crippen LogP contribution in [0.5, 0.6) is 11.5 Å². The number of fused-ring (bicyclic) bond motifs is 2. The van der Waals surface area contributed by atoms with E-state index in [1.807, 2.05) is 48.5 Å². The van der Waals surface area contributed by atoms with Crippen LogP contribution in [0.15, 0.2) is 84.9 Å². The second kappa shape index (κ2) is 20.2. The lowest BCUT2D eigenvalue weighted by Gasteiger charge is -2.25. The maximum Gasteiger partial charge on any atom is 0.194 e. The number of hydrogen-bond donors (Lipinski definition) is 0. The molecule has 0 bridgehead atoms. The van der Waals surface area contributed by atoms with Gasteiger partial charge in [-0.3, -0.25) is 4.79 Å². The van der Waals surface area contributed by atoms with Crippen LogP contribution >= 0.6 is 12.2 Å². The van der Waals surface area contributed by atoms with Crippen molar-refractivity contribution < 1.29 is 14.3 Å². The van der Waals surface area contributed by atoms with Crippen LogP contribution < -0.4 is 9.47 Å². The molecule has 0 unspecified atom stereocenters. The predicted octanol–water partition coefficient (Wildman–Crippen LogP) is 13.4. The third-order valence-electron chi connectivity index (χ3n) is 9.94. The van der Waals surface area contributed by atoms with Gasteiger partial charge >= 0.3 is 0 Å². The highest BCUT2D eigenvalue weighted by Crippen LogP contribution is 2.41. The molecular weight excluding hydrogens is 633 g/mol. The van der Waals surface area contributed by atoms with Crippen molar-refractivity contribution in [2.24, 2.45) is 0 Å². The third kappa shape index (κ3) is 10.2. The van der Waals surface area contributed by atoms with Crippen molar-refractivity contribution in [1.29, 1.82) is 0 Å². The van der Waals surface area contributed by atoms with E-state index < -0.39 is 0 Å². The minimum atomic E-state index is 0.0152. The van der Waals surface area contributed by atoms with Crippen molar-refractivity contribution in [1.82, 2.24) is 0 Å². The normalized spacial score (nSPS) is 12.1. The van der Waals surface area contributed by atoms with Gasteiger partial charge in [0, 0.05) is 22.3 Å². The van der Waals surface area contributed by atoms with E-state index in [9.17, 15) is 4.79 Å². The van der Waals surface area contributed by atoms with Crippen molar-refractivity contribution in [2.75, 3.05) is 13.2 Å². The molecule has 0 aliphatic heterocycles. The van der Waals surface area contributed by atoms with E-state index in [0.717, 1.165) is 70.9 Å². The minimum Gasteiger partial charge on any atom is -0.494 e. The van der Waals surface area contributed by atoms with Gasteiger partial charge in [-0.25, -0.2) is 0 Å². The van der Waals surface area contributed by atoms with Crippen molar-refractivity contribution in [3.05, 3.63) is 107 Å². The summed E-state index contributed by atoms with van der Waals surface area (Å²) in [4.78, 5) is 14.9. The van der Waals surface area contributed by atoms with E-state index in [1.165, 1.54) is 89.9 Å². The Morgan fingerprint density at radius 3 is 1.30 bits per heavy atom. The molecule has 264 valence electrons. The van der Waals surface area contributed by atoms with Crippen molar-refractivity contribution in [2.45, 2.75) is 117 Å². The first-order chi connectivity index (χ1) is 24.6. The zero-order valence-corrected chi connectivity index (χ0v) is 31.3. The van der Waals surface area contributed by atoms with Gasteiger partial charge in [0.1, 0.15) is 11.5 Å². The summed E-state index contributed by atoms with van der Waals surface area (Å²) in [6, 6.07) is 28.3. The van der Waals surface area contributed by atoms with Crippen LogP contribution in [0.1, 0.15) is 144 Å². The first-order valence-electron chi connectivity index (χ1n) is 19.4. The van der Waals surface area contributed by atoms with Crippen LogP contribution in [0.3, 0.4) is 0 Å². The highest BCUT2D eigenvalue weighted by molar-refractivity contribution is 7.81. The summed E-state index contributed by atoms with van der Waals surface area (Å²) < 4.78 is 12.2. The van der Waals surface area contributed by atoms with E-state index in [1.54, 1.807) is 0 Å². The van der Waals surface area contributed by atoms with Gasteiger partial charge in [-0.2, -0.15) is 0 Å². The smallest absolute Gasteiger partial charge is 0.194 e. The lowest BCUT2D eigenvalue weighted by Crippen LogP contribution is -2.22. The predicted molar refractivity (Wildman–Crippen MR) is 214 cm³/mol. The van der Waals surface area contributed by atoms with Crippen molar-refractivity contribution >= 4 is 22.9 Å². The average Bonchev–Trinajstić information content (AvgIpc) is 3.15. The molecule has 0 aromatic heterocycles. The minimum absolute atomic E-state index is 0.0152. The monoisotopic (exact) mass is 688 g/mol. The summed E-state index contributed by atoms with van der Waals surface area (Å²) in [5.74, 6) is 1.75. The largest absolute Gasteiger partial charge is 0.494 e. The molecule has 0 saturated heterocycles. The molecule has 1 aliphatic carbocycles. The highest BCUT2D eigenvalue weighted by atomic mass is 32.1. The highest BCUT2D eigenvalue weighted by Gasteiger charge is 2.32. The number of ether oxygens (including phenoxy) is 2. The van der Waals surface area contributed by atoms with Crippen LogP contribution in [0.4, 0.5) is 0 Å². The molecule has 0 heterocycles. The molecule has 0 fully saturated rings. The number of rotatable bonds is 22. The first kappa shape index (κ1) is 37.5. The molecule has 3 nitrogen and oxygen atoms in total. The molecule has 0 saturated carbocycles. The SMILES string of the molecule is CCCCCCCCCCOc1ccc(-c2ccc(-c3ccc(OCCCCCCCCCC)cc3)c3c2C(=O)c2ccccc2C3=S)cc1. The average molecular weight is 689 g/mol. The fourth-order valence-corrected chi connectivity index (χ4v) is 7.41. The second-order valence-corrected chi connectivity index (χ2v) is 14.2. The quantitative estimate of drug-likeness (QED) is 0.0535. The summed E-state index contributed by atoms with van der Waals surface area (Å²) in [6.07, 6.45) is 20.5. The Labute approximate surface area is 306 Å². The summed E-state index contributed by atoms with van der Waals surface area (Å²) in [6.45, 7) is 5.98. The molecular formula is C46H56O3S. The molecule has 4 aromatic carbocycles. The van der Waals surface area contributed by atoms with Crippen LogP contribution in [0, 0.1) is 0 Å². The van der Waals surface area contributed by atoms with E-state index >= 15 is 0 Å². The Morgan fingerprint density at radius 2 is 0.840 bits per heavy atom. The number of unbranched alkanes of at least 4 members (excludes halogenated alkanes) is 14. The molecule has 50 heavy (non-hydrogen) atoms. The van der Waals surface area contributed by atoms with Gasteiger partial charge in [-0.05, 0) is 59.4 Å². The molecule has 0 atom stereocenters. The van der Waals surface area contributed by atoms with E-state index in [2.05, 4.69) is 50.2 Å². The number of ketones is 1. The van der Waals surface area contributed by atoms with Gasteiger partial charge < -0.3 is 9.47 Å². The summed E-state index contributed by atoms with van der Waals surface area (Å²) in [7, 11) is 0. The molecule has 4 aromatic rings. The lowest BCUT2D eigenvalue weighted by molar-refractivity contribution is 0.103. The first-order valence-corrected chi connectivity index (χ1v) is 19.8. The Morgan fingerprint density at radius 1 is 0.440 bits per heavy atom. The zero-order chi connectivity index (χ0) is 35.0. The molecule has 1 aliphatic rings. The van der Waals surface area contributed by atoms with Crippen LogP contribution in [-0.2, 0) is 0 Å². The molecule has 0 spiro atoms. The molecule has 0 amide bonds. The standard InChI is InChI=1S/C46H56O3S/c1-3-5-7-9-11-13-15-19-33-48-37-27-23-35(24-28-37)39-31-32-40(44-43(39)45(47)41-21-17-18-22-42(41)46(44)50)36-25-29-38(30-26-36)49-34-20-16-14-12-10-8-6-4-2/h17-18,21-32H,3-16,19-20,33-34H2,1-2H3. The fraction of sp³-hybridized carbons (Fsp3) is 0.435. The van der Waals surface area contributed by atoms with Gasteiger partial charge in [-0.1, -0.05) is 177 Å². The van der Waals surface area contributed by atoms with Gasteiger partial charge in [0.2, 0.25) is 0 Å². The van der Waals surface area contributed by atoms with Crippen LogP contribution in [0.2, 0.25) is 0 Å². The summed E-state index contributed by atoms with van der Waals surface area (Å²) in [5.41, 5.74) is 6.87. The zero-order valence-electron chi connectivity index (χ0n) is 30.4. The topological polar surface area (TPSA) is 35.5 Å². The third-order valence-corrected chi connectivity index (χ3v) is 10.4. The lowest BCUT2D eigenvalue weighted by atomic mass is 9.78. The molecule has 0 N–H and O–H groups in total. The number of thiocarbonyl (C=S) groups is 1. The Hall–Kier alpha value is -3.76. The van der Waals surface area contributed by atoms with Gasteiger partial charge in [-0.15, -0.1) is 0 Å². The van der Waals surface area contributed by atoms with Gasteiger partial charge in [0.05, 0.1) is 18.1 Å². The molecule has 4 heteroatoms. The van der Waals surface area contributed by atoms with Crippen LogP contribution in [-0.4, -0.2) is 23.9 Å². The maximum atomic E-state index is 14.2.